The van der Waals surface area contributed by atoms with Crippen LogP contribution in [0.25, 0.3) is 10.9 Å². The Kier molecular flexibility index (Phi) is 13.8. The molecule has 15 heteroatoms. The Morgan fingerprint density at radius 2 is 1.52 bits per heavy atom. The van der Waals surface area contributed by atoms with Crippen LogP contribution in [0.5, 0.6) is 28.7 Å². The van der Waals surface area contributed by atoms with Crippen LogP contribution in [0.15, 0.2) is 126 Å². The number of aliphatic imine (C=N–C) groups is 1. The molecule has 2 saturated heterocycles. The van der Waals surface area contributed by atoms with E-state index in [9.17, 15) is 18.7 Å². The molecular formula is C62H64F2N6O7. The average molecular weight is 1040 g/mol. The van der Waals surface area contributed by atoms with Gasteiger partial charge in [0.1, 0.15) is 22.9 Å². The van der Waals surface area contributed by atoms with E-state index in [2.05, 4.69) is 74.3 Å². The van der Waals surface area contributed by atoms with Gasteiger partial charge >= 0.3 is 0 Å². The van der Waals surface area contributed by atoms with Gasteiger partial charge in [-0.05, 0) is 159 Å². The van der Waals surface area contributed by atoms with Gasteiger partial charge in [0.05, 0.1) is 31.3 Å². The van der Waals surface area contributed by atoms with Crippen molar-refractivity contribution in [3.8, 4) is 28.7 Å². The minimum atomic E-state index is -0.470. The number of nitrogens with one attached hydrogen (secondary N) is 2. The number of aromatic amines is 1. The van der Waals surface area contributed by atoms with Crippen LogP contribution < -0.4 is 33.9 Å². The van der Waals surface area contributed by atoms with Crippen LogP contribution in [0.3, 0.4) is 0 Å². The first-order chi connectivity index (χ1) is 37.5. The zero-order valence-corrected chi connectivity index (χ0v) is 43.7. The summed E-state index contributed by atoms with van der Waals surface area (Å²) in [7, 11) is 3.79. The van der Waals surface area contributed by atoms with Crippen molar-refractivity contribution in [3.05, 3.63) is 178 Å². The zero-order chi connectivity index (χ0) is 52.8. The largest absolute Gasteiger partial charge is 0.497 e. The van der Waals surface area contributed by atoms with E-state index in [4.69, 9.17) is 23.7 Å². The third kappa shape index (κ3) is 9.63. The van der Waals surface area contributed by atoms with Crippen molar-refractivity contribution in [1.82, 2.24) is 20.1 Å². The topological polar surface area (TPSA) is 133 Å². The number of carbonyl (C=O) groups is 1. The summed E-state index contributed by atoms with van der Waals surface area (Å²) in [5.74, 6) is 3.78. The summed E-state index contributed by atoms with van der Waals surface area (Å²) in [6.45, 7) is 7.46. The second-order valence-corrected chi connectivity index (χ2v) is 21.1. The van der Waals surface area contributed by atoms with E-state index >= 15 is 0 Å². The summed E-state index contributed by atoms with van der Waals surface area (Å²) < 4.78 is 54.6. The van der Waals surface area contributed by atoms with Crippen molar-refractivity contribution in [2.75, 3.05) is 65.5 Å². The summed E-state index contributed by atoms with van der Waals surface area (Å²) in [4.78, 5) is 27.7. The highest BCUT2D eigenvalue weighted by Crippen LogP contribution is 2.54. The van der Waals surface area contributed by atoms with E-state index in [1.54, 1.807) is 7.11 Å². The van der Waals surface area contributed by atoms with Gasteiger partial charge in [0.2, 0.25) is 19.5 Å². The third-order valence-corrected chi connectivity index (χ3v) is 16.8. The van der Waals surface area contributed by atoms with Crippen molar-refractivity contribution < 1.29 is 42.4 Å². The Balaban J connectivity index is 0.000000124. The number of fused-ring (bicyclic) bond motifs is 11. The molecule has 3 N–H and O–H groups in total. The molecule has 398 valence electrons. The molecule has 13 nitrogen and oxygen atoms in total. The van der Waals surface area contributed by atoms with E-state index in [-0.39, 0.29) is 49.0 Å². The number of anilines is 1. The fourth-order valence-electron chi connectivity index (χ4n) is 12.9. The lowest BCUT2D eigenvalue weighted by Crippen LogP contribution is -2.56. The molecule has 3 atom stereocenters. The SMILES string of the molecule is CN1Cc2c(ccc3c2OCO3)[C@@H]2[C@H]1c1cc3c(cc1C[C@@H]2O)OCO3.COc1ccc2c3c([nH]c2c1)C(C)=NCC3.O=C1NCN(c2ccccc2)C12CCN(CCCC(c1ccc(F)cc1)c1ccc(F)cc1)CC2. The molecule has 1 spiro atoms. The monoisotopic (exact) mass is 1040 g/mol. The number of amides is 1. The number of aliphatic hydroxyl groups is 1. The Labute approximate surface area is 447 Å². The average Bonchev–Trinajstić information content (AvgIpc) is 4.30. The first kappa shape index (κ1) is 50.4. The first-order valence-corrected chi connectivity index (χ1v) is 26.8. The highest BCUT2D eigenvalue weighted by atomic mass is 19.1. The number of hydrogen-bond acceptors (Lipinski definition) is 11. The highest BCUT2D eigenvalue weighted by molar-refractivity contribution is 6.05. The number of para-hydroxylation sites is 1. The number of rotatable bonds is 8. The standard InChI is InChI=1S/C29H31F2N3O.C20H19NO5.C13H14N2O/c30-24-12-8-22(9-13-24)27(23-10-14-25(31)15-11-23)7-4-18-33-19-16-29(17-20-33)28(35)32-21-34(29)26-5-2-1-3-6-26;1-21-7-13-11(2-3-15-20(13)26-9-23-15)18-14(22)4-10-5-16-17(25-8-24-16)6-12(10)19(18)21;1-8-13-11(5-6-14-8)10-4-3-9(16-2)7-12(10)15-13/h1-3,5-6,8-15,27H,4,7,16-21H2,(H,32,35);2-3,5-6,14,18-19,22H,4,7-9H2,1H3;3-4,7,15H,5-6H2,1-2H3/t;14-,18-,19+;/m.0./s1. The Hall–Kier alpha value is -7.46. The summed E-state index contributed by atoms with van der Waals surface area (Å²) >= 11 is 0. The van der Waals surface area contributed by atoms with Gasteiger partial charge in [-0.15, -0.1) is 0 Å². The van der Waals surface area contributed by atoms with E-state index in [1.165, 1.54) is 46.5 Å². The Morgan fingerprint density at radius 3 is 2.25 bits per heavy atom. The molecule has 7 aliphatic rings. The molecule has 1 amide bonds. The van der Waals surface area contributed by atoms with E-state index in [1.807, 2.05) is 66.7 Å². The van der Waals surface area contributed by atoms with Crippen molar-refractivity contribution in [1.29, 1.82) is 0 Å². The fourth-order valence-corrected chi connectivity index (χ4v) is 12.9. The number of halogens is 2. The van der Waals surface area contributed by atoms with E-state index in [0.717, 1.165) is 138 Å². The van der Waals surface area contributed by atoms with Gasteiger partial charge in [-0.3, -0.25) is 14.7 Å². The lowest BCUT2D eigenvalue weighted by Gasteiger charge is -2.46. The van der Waals surface area contributed by atoms with Crippen LogP contribution in [0, 0.1) is 11.6 Å². The molecule has 77 heavy (non-hydrogen) atoms. The number of aromatic nitrogens is 1. The number of aliphatic hydroxyl groups excluding tert-OH is 1. The second kappa shape index (κ2) is 21.2. The van der Waals surface area contributed by atoms with Crippen molar-refractivity contribution >= 4 is 28.2 Å². The molecule has 6 aromatic carbocycles. The van der Waals surface area contributed by atoms with Gasteiger partial charge in [0.25, 0.3) is 0 Å². The molecule has 0 radical (unpaired) electrons. The lowest BCUT2D eigenvalue weighted by atomic mass is 9.70. The van der Waals surface area contributed by atoms with Crippen LogP contribution in [0.4, 0.5) is 14.5 Å². The molecule has 0 saturated carbocycles. The van der Waals surface area contributed by atoms with E-state index < -0.39 is 11.6 Å². The van der Waals surface area contributed by atoms with Crippen LogP contribution in [-0.2, 0) is 24.2 Å². The van der Waals surface area contributed by atoms with Gasteiger partial charge in [0, 0.05) is 72.3 Å². The minimum Gasteiger partial charge on any atom is -0.497 e. The van der Waals surface area contributed by atoms with Crippen molar-refractivity contribution in [2.45, 2.75) is 81.5 Å². The second-order valence-electron chi connectivity index (χ2n) is 21.1. The highest BCUT2D eigenvalue weighted by Gasteiger charge is 2.50. The quantitative estimate of drug-likeness (QED) is 0.135. The Morgan fingerprint density at radius 1 is 0.818 bits per heavy atom. The number of likely N-dealkylation sites (tertiary alicyclic amines) is 1. The van der Waals surface area contributed by atoms with Crippen LogP contribution in [0.2, 0.25) is 0 Å². The molecule has 1 aromatic heterocycles. The van der Waals surface area contributed by atoms with Gasteiger partial charge in [0.15, 0.2) is 23.0 Å². The maximum absolute atomic E-state index is 13.5. The number of hydrogen-bond donors (Lipinski definition) is 3. The number of H-pyrrole nitrogens is 1. The summed E-state index contributed by atoms with van der Waals surface area (Å²) in [5.41, 5.74) is 12.2. The predicted molar refractivity (Wildman–Crippen MR) is 292 cm³/mol. The number of ether oxygens (including phenoxy) is 5. The molecule has 7 aromatic rings. The normalized spacial score (nSPS) is 20.5. The third-order valence-electron chi connectivity index (χ3n) is 16.8. The molecule has 0 unspecified atom stereocenters. The molecule has 14 rings (SSSR count). The van der Waals surface area contributed by atoms with Gasteiger partial charge in [-0.1, -0.05) is 48.5 Å². The van der Waals surface area contributed by atoms with Crippen molar-refractivity contribution in [3.63, 3.8) is 0 Å². The molecule has 7 heterocycles. The van der Waals surface area contributed by atoms with Gasteiger partial charge < -0.3 is 48.9 Å². The maximum atomic E-state index is 13.5. The van der Waals surface area contributed by atoms with E-state index in [0.29, 0.717) is 13.1 Å². The number of likely N-dealkylation sites (N-methyl/N-ethyl adjacent to an activating group) is 1. The number of methoxy groups -OCH3 is 1. The summed E-state index contributed by atoms with van der Waals surface area (Å²) in [5, 5.41) is 15.4. The Bertz CT molecular complexity index is 3280. The van der Waals surface area contributed by atoms with Crippen molar-refractivity contribution in [2.24, 2.45) is 4.99 Å². The number of piperidine rings is 1. The molecule has 6 aliphatic heterocycles. The molecule has 2 fully saturated rings. The van der Waals surface area contributed by atoms with Crippen LogP contribution in [0.1, 0.15) is 95.1 Å². The van der Waals surface area contributed by atoms with Gasteiger partial charge in [-0.2, -0.15) is 0 Å². The lowest BCUT2D eigenvalue weighted by molar-refractivity contribution is -0.125. The summed E-state index contributed by atoms with van der Waals surface area (Å²) in [6.07, 6.45) is 4.61. The van der Waals surface area contributed by atoms with Gasteiger partial charge in [-0.25, -0.2) is 8.78 Å². The minimum absolute atomic E-state index is 0.00822. The fraction of sp³-hybridized carbons (Fsp3) is 0.355. The number of nitrogens with zero attached hydrogens (tertiary/aromatic N) is 4. The van der Waals surface area contributed by atoms with Crippen LogP contribution >= 0.6 is 0 Å². The first-order valence-electron chi connectivity index (χ1n) is 26.8. The molecule has 0 bridgehead atoms. The number of carbonyl (C=O) groups excluding carboxylic acids is 1. The molecular weight excluding hydrogens is 979 g/mol. The number of benzene rings is 6. The van der Waals surface area contributed by atoms with Crippen LogP contribution in [-0.4, -0.2) is 104 Å². The predicted octanol–water partition coefficient (Wildman–Crippen LogP) is 10.2. The molecule has 1 aliphatic carbocycles. The summed E-state index contributed by atoms with van der Waals surface area (Å²) in [6, 6.07) is 37.9. The smallest absolute Gasteiger partial charge is 0.247 e. The zero-order valence-electron chi connectivity index (χ0n) is 43.7. The maximum Gasteiger partial charge on any atom is 0.247 e.